The molecule has 0 aliphatic carbocycles. The molecule has 0 radical (unpaired) electrons. The van der Waals surface area contributed by atoms with Gasteiger partial charge in [-0.05, 0) is 29.1 Å². The molecule has 0 amide bonds. The van der Waals surface area contributed by atoms with Gasteiger partial charge in [0.15, 0.2) is 0 Å². The van der Waals surface area contributed by atoms with E-state index in [1.165, 1.54) is 0 Å². The van der Waals surface area contributed by atoms with Gasteiger partial charge >= 0.3 is 0 Å². The van der Waals surface area contributed by atoms with Crippen molar-refractivity contribution in [3.8, 4) is 17.0 Å². The van der Waals surface area contributed by atoms with Gasteiger partial charge in [-0.1, -0.05) is 29.8 Å². The molecular weight excluding hydrogens is 308 g/mol. The van der Waals surface area contributed by atoms with Gasteiger partial charge in [0, 0.05) is 16.3 Å². The summed E-state index contributed by atoms with van der Waals surface area (Å²) in [5.41, 5.74) is 0.367. The highest BCUT2D eigenvalue weighted by atomic mass is 35.5. The van der Waals surface area contributed by atoms with E-state index in [9.17, 15) is 9.90 Å². The molecule has 0 aliphatic rings. The van der Waals surface area contributed by atoms with Gasteiger partial charge in [-0.3, -0.25) is 4.79 Å². The number of nitrogens with zero attached hydrogens (tertiary/aromatic N) is 1. The SMILES string of the molecule is O=c1[nH]c(Cc2cccs2)nc(O)c1-c1ccc(Cl)cc1. The monoisotopic (exact) mass is 318 g/mol. The van der Waals surface area contributed by atoms with Crippen LogP contribution >= 0.6 is 22.9 Å². The summed E-state index contributed by atoms with van der Waals surface area (Å²) in [7, 11) is 0. The topological polar surface area (TPSA) is 66.0 Å². The van der Waals surface area contributed by atoms with Crippen LogP contribution in [0.15, 0.2) is 46.6 Å². The minimum Gasteiger partial charge on any atom is -0.493 e. The number of hydrogen-bond donors (Lipinski definition) is 2. The highest BCUT2D eigenvalue weighted by Crippen LogP contribution is 2.25. The van der Waals surface area contributed by atoms with Crippen molar-refractivity contribution < 1.29 is 5.11 Å². The van der Waals surface area contributed by atoms with Gasteiger partial charge in [-0.15, -0.1) is 11.3 Å². The second-order valence-electron chi connectivity index (χ2n) is 4.47. The molecule has 0 fully saturated rings. The fraction of sp³-hybridized carbons (Fsp3) is 0.0667. The molecule has 2 N–H and O–H groups in total. The minimum atomic E-state index is -0.364. The molecule has 0 unspecified atom stereocenters. The van der Waals surface area contributed by atoms with Crippen molar-refractivity contribution in [2.75, 3.05) is 0 Å². The minimum absolute atomic E-state index is 0.154. The molecule has 21 heavy (non-hydrogen) atoms. The number of aromatic hydroxyl groups is 1. The molecule has 1 aromatic carbocycles. The standard InChI is InChI=1S/C15H11ClN2O2S/c16-10-5-3-9(4-6-10)13-14(19)17-12(18-15(13)20)8-11-2-1-7-21-11/h1-7H,8H2,(H2,17,18,19,20). The Morgan fingerprint density at radius 1 is 1.24 bits per heavy atom. The highest BCUT2D eigenvalue weighted by Gasteiger charge is 2.13. The van der Waals surface area contributed by atoms with Gasteiger partial charge in [0.2, 0.25) is 5.88 Å². The van der Waals surface area contributed by atoms with Crippen LogP contribution in [0.4, 0.5) is 0 Å². The lowest BCUT2D eigenvalue weighted by Gasteiger charge is -2.06. The van der Waals surface area contributed by atoms with Crippen molar-refractivity contribution in [2.24, 2.45) is 0 Å². The van der Waals surface area contributed by atoms with Crippen LogP contribution in [-0.2, 0) is 6.42 Å². The summed E-state index contributed by atoms with van der Waals surface area (Å²) in [6, 6.07) is 10.6. The van der Waals surface area contributed by atoms with E-state index in [1.54, 1.807) is 35.6 Å². The molecule has 0 spiro atoms. The summed E-state index contributed by atoms with van der Waals surface area (Å²) in [5.74, 6) is 0.172. The third-order valence-corrected chi connectivity index (χ3v) is 4.13. The third kappa shape index (κ3) is 2.99. The molecule has 3 aromatic rings. The van der Waals surface area contributed by atoms with Crippen LogP contribution < -0.4 is 5.56 Å². The Labute approximate surface area is 129 Å². The lowest BCUT2D eigenvalue weighted by atomic mass is 10.1. The van der Waals surface area contributed by atoms with Gasteiger partial charge < -0.3 is 10.1 Å². The quantitative estimate of drug-likeness (QED) is 0.777. The number of benzene rings is 1. The molecule has 0 atom stereocenters. The van der Waals surface area contributed by atoms with Crippen molar-refractivity contribution >= 4 is 22.9 Å². The summed E-state index contributed by atoms with van der Waals surface area (Å²) >= 11 is 7.39. The number of rotatable bonds is 3. The highest BCUT2D eigenvalue weighted by molar-refractivity contribution is 7.09. The Morgan fingerprint density at radius 2 is 2.00 bits per heavy atom. The molecule has 4 nitrogen and oxygen atoms in total. The van der Waals surface area contributed by atoms with E-state index in [-0.39, 0.29) is 17.0 Å². The summed E-state index contributed by atoms with van der Waals surface area (Å²) in [6.45, 7) is 0. The molecule has 2 heterocycles. The smallest absolute Gasteiger partial charge is 0.262 e. The number of thiophene rings is 1. The number of aromatic nitrogens is 2. The van der Waals surface area contributed by atoms with E-state index in [0.29, 0.717) is 22.8 Å². The summed E-state index contributed by atoms with van der Waals surface area (Å²) in [5, 5.41) is 12.6. The fourth-order valence-corrected chi connectivity index (χ4v) is 2.88. The molecule has 3 rings (SSSR count). The second kappa shape index (κ2) is 5.71. The van der Waals surface area contributed by atoms with E-state index in [0.717, 1.165) is 4.88 Å². The van der Waals surface area contributed by atoms with Gasteiger partial charge in [-0.2, -0.15) is 4.98 Å². The van der Waals surface area contributed by atoms with Crippen LogP contribution in [0.5, 0.6) is 5.88 Å². The fourth-order valence-electron chi connectivity index (χ4n) is 2.05. The van der Waals surface area contributed by atoms with Crippen molar-refractivity contribution in [2.45, 2.75) is 6.42 Å². The largest absolute Gasteiger partial charge is 0.493 e. The summed E-state index contributed by atoms with van der Waals surface area (Å²) in [6.07, 6.45) is 0.487. The van der Waals surface area contributed by atoms with E-state index in [1.807, 2.05) is 17.5 Å². The average Bonchev–Trinajstić information content (AvgIpc) is 2.93. The number of hydrogen-bond acceptors (Lipinski definition) is 4. The first-order chi connectivity index (χ1) is 10.1. The molecule has 0 aliphatic heterocycles. The van der Waals surface area contributed by atoms with Gasteiger partial charge in [0.1, 0.15) is 11.4 Å². The molecule has 6 heteroatoms. The van der Waals surface area contributed by atoms with Gasteiger partial charge in [0.05, 0.1) is 0 Å². The normalized spacial score (nSPS) is 10.7. The van der Waals surface area contributed by atoms with Crippen molar-refractivity contribution in [3.63, 3.8) is 0 Å². The first-order valence-electron chi connectivity index (χ1n) is 6.24. The molecule has 2 aromatic heterocycles. The van der Waals surface area contributed by atoms with Crippen molar-refractivity contribution in [3.05, 3.63) is 67.9 Å². The van der Waals surface area contributed by atoms with Crippen LogP contribution in [0.25, 0.3) is 11.1 Å². The number of halogens is 1. The Hall–Kier alpha value is -2.11. The van der Waals surface area contributed by atoms with E-state index < -0.39 is 0 Å². The molecule has 106 valence electrons. The lowest BCUT2D eigenvalue weighted by Crippen LogP contribution is -2.14. The van der Waals surface area contributed by atoms with Gasteiger partial charge in [0.25, 0.3) is 5.56 Å². The maximum atomic E-state index is 12.2. The van der Waals surface area contributed by atoms with Crippen molar-refractivity contribution in [1.82, 2.24) is 9.97 Å². The summed E-state index contributed by atoms with van der Waals surface area (Å²) < 4.78 is 0. The Bertz CT molecular complexity index is 811. The van der Waals surface area contributed by atoms with E-state index in [2.05, 4.69) is 9.97 Å². The zero-order valence-electron chi connectivity index (χ0n) is 10.8. The zero-order valence-corrected chi connectivity index (χ0v) is 12.4. The number of nitrogens with one attached hydrogen (secondary N) is 1. The Morgan fingerprint density at radius 3 is 2.62 bits per heavy atom. The second-order valence-corrected chi connectivity index (χ2v) is 5.94. The lowest BCUT2D eigenvalue weighted by molar-refractivity contribution is 0.450. The van der Waals surface area contributed by atoms with Crippen LogP contribution in [-0.4, -0.2) is 15.1 Å². The Kier molecular flexibility index (Phi) is 3.77. The molecule has 0 bridgehead atoms. The van der Waals surface area contributed by atoms with Crippen LogP contribution in [0, 0.1) is 0 Å². The number of aromatic amines is 1. The third-order valence-electron chi connectivity index (χ3n) is 3.00. The van der Waals surface area contributed by atoms with Crippen LogP contribution in [0.3, 0.4) is 0 Å². The first kappa shape index (κ1) is 13.9. The number of H-pyrrole nitrogens is 1. The average molecular weight is 319 g/mol. The molecular formula is C15H11ClN2O2S. The maximum absolute atomic E-state index is 12.2. The van der Waals surface area contributed by atoms with Crippen LogP contribution in [0.2, 0.25) is 5.02 Å². The van der Waals surface area contributed by atoms with Gasteiger partial charge in [-0.25, -0.2) is 0 Å². The van der Waals surface area contributed by atoms with Crippen LogP contribution in [0.1, 0.15) is 10.7 Å². The zero-order chi connectivity index (χ0) is 14.8. The first-order valence-corrected chi connectivity index (χ1v) is 7.50. The summed E-state index contributed by atoms with van der Waals surface area (Å²) in [4.78, 5) is 20.1. The maximum Gasteiger partial charge on any atom is 0.262 e. The predicted molar refractivity (Wildman–Crippen MR) is 84.1 cm³/mol. The Balaban J connectivity index is 2.00. The van der Waals surface area contributed by atoms with E-state index in [4.69, 9.17) is 11.6 Å². The molecule has 0 saturated heterocycles. The predicted octanol–water partition coefficient (Wildman–Crippen LogP) is 3.45. The van der Waals surface area contributed by atoms with Crippen molar-refractivity contribution in [1.29, 1.82) is 0 Å². The molecule has 0 saturated carbocycles. The van der Waals surface area contributed by atoms with E-state index >= 15 is 0 Å².